The van der Waals surface area contributed by atoms with E-state index in [9.17, 15) is 13.2 Å². The smallest absolute Gasteiger partial charge is 0.253 e. The molecule has 0 unspecified atom stereocenters. The fraction of sp³-hybridized carbons (Fsp3) is 0.529. The molecule has 1 aromatic carbocycles. The maximum absolute atomic E-state index is 12.4. The van der Waals surface area contributed by atoms with Gasteiger partial charge < -0.3 is 4.90 Å². The molecule has 2 saturated heterocycles. The van der Waals surface area contributed by atoms with Crippen LogP contribution >= 0.6 is 23.4 Å². The lowest BCUT2D eigenvalue weighted by molar-refractivity contribution is -0.124. The summed E-state index contributed by atoms with van der Waals surface area (Å²) in [5.41, 5.74) is 1.12. The first-order valence-electron chi connectivity index (χ1n) is 8.03. The van der Waals surface area contributed by atoms with Crippen LogP contribution in [0.3, 0.4) is 0 Å². The molecule has 136 valence electrons. The SMILES string of the molecule is Cc1ccc(N2C(=NC(=O)C(C)(C)C)S[C@@H]3CS(=O)(=O)C[C@@H]32)cc1Cl. The summed E-state index contributed by atoms with van der Waals surface area (Å²) in [6, 6.07) is 5.37. The number of nitrogens with zero attached hydrogens (tertiary/aromatic N) is 2. The summed E-state index contributed by atoms with van der Waals surface area (Å²) in [6.07, 6.45) is 0. The molecule has 0 aliphatic carbocycles. The number of benzene rings is 1. The van der Waals surface area contributed by atoms with Crippen molar-refractivity contribution < 1.29 is 13.2 Å². The molecule has 2 aliphatic rings. The van der Waals surface area contributed by atoms with Crippen LogP contribution in [0.25, 0.3) is 0 Å². The van der Waals surface area contributed by atoms with Crippen LogP contribution in [0.1, 0.15) is 26.3 Å². The van der Waals surface area contributed by atoms with Gasteiger partial charge in [-0.2, -0.15) is 4.99 Å². The molecule has 0 bridgehead atoms. The van der Waals surface area contributed by atoms with Crippen LogP contribution in [0.4, 0.5) is 5.69 Å². The average Bonchev–Trinajstić information content (AvgIpc) is 2.92. The van der Waals surface area contributed by atoms with Crippen LogP contribution in [0.5, 0.6) is 0 Å². The molecule has 1 amide bonds. The number of carbonyl (C=O) groups is 1. The number of hydrogen-bond acceptors (Lipinski definition) is 4. The number of anilines is 1. The maximum atomic E-state index is 12.4. The van der Waals surface area contributed by atoms with E-state index < -0.39 is 15.3 Å². The highest BCUT2D eigenvalue weighted by Gasteiger charge is 2.49. The van der Waals surface area contributed by atoms with Gasteiger partial charge in [0.1, 0.15) is 0 Å². The Morgan fingerprint density at radius 2 is 2.00 bits per heavy atom. The predicted octanol–water partition coefficient (Wildman–Crippen LogP) is 3.30. The van der Waals surface area contributed by atoms with Gasteiger partial charge in [0.05, 0.1) is 17.5 Å². The second-order valence-electron chi connectivity index (χ2n) is 7.55. The zero-order chi connectivity index (χ0) is 18.6. The van der Waals surface area contributed by atoms with E-state index in [2.05, 4.69) is 4.99 Å². The first-order valence-corrected chi connectivity index (χ1v) is 11.1. The molecule has 0 saturated carbocycles. The molecule has 0 aromatic heterocycles. The predicted molar refractivity (Wildman–Crippen MR) is 104 cm³/mol. The Kier molecular flexibility index (Phi) is 4.71. The number of amidine groups is 1. The molecule has 2 fully saturated rings. The normalized spacial score (nSPS) is 26.9. The first-order chi connectivity index (χ1) is 11.5. The van der Waals surface area contributed by atoms with Crippen LogP contribution in [0.2, 0.25) is 5.02 Å². The number of carbonyl (C=O) groups excluding carboxylic acids is 1. The number of rotatable bonds is 1. The number of halogens is 1. The maximum Gasteiger partial charge on any atom is 0.253 e. The molecule has 5 nitrogen and oxygen atoms in total. The Balaban J connectivity index is 2.05. The van der Waals surface area contributed by atoms with Crippen molar-refractivity contribution in [3.8, 4) is 0 Å². The molecule has 2 heterocycles. The van der Waals surface area contributed by atoms with Gasteiger partial charge >= 0.3 is 0 Å². The third kappa shape index (κ3) is 3.73. The van der Waals surface area contributed by atoms with Gasteiger partial charge in [-0.3, -0.25) is 4.79 Å². The summed E-state index contributed by atoms with van der Waals surface area (Å²) in [5, 5.41) is 1.05. The van der Waals surface area contributed by atoms with E-state index in [-0.39, 0.29) is 28.7 Å². The van der Waals surface area contributed by atoms with E-state index in [0.29, 0.717) is 10.2 Å². The highest BCUT2D eigenvalue weighted by Crippen LogP contribution is 2.42. The number of thioether (sulfide) groups is 1. The standard InChI is InChI=1S/C17H21ClN2O3S2/c1-10-5-6-11(7-12(10)18)20-13-8-25(22,23)9-14(13)24-16(20)19-15(21)17(2,3)4/h5-7,13-14H,8-9H2,1-4H3/t13-,14+/m0/s1. The van der Waals surface area contributed by atoms with E-state index in [1.807, 2.05) is 50.8 Å². The van der Waals surface area contributed by atoms with E-state index in [1.165, 1.54) is 11.8 Å². The van der Waals surface area contributed by atoms with Gasteiger partial charge in [-0.05, 0) is 24.6 Å². The Bertz CT molecular complexity index is 859. The fourth-order valence-corrected chi connectivity index (χ4v) is 6.94. The summed E-state index contributed by atoms with van der Waals surface area (Å²) in [5.74, 6) is -0.0407. The monoisotopic (exact) mass is 400 g/mol. The second-order valence-corrected chi connectivity index (χ2v) is 11.3. The minimum atomic E-state index is -3.08. The molecule has 8 heteroatoms. The summed E-state index contributed by atoms with van der Waals surface area (Å²) in [7, 11) is -3.08. The summed E-state index contributed by atoms with van der Waals surface area (Å²) >= 11 is 7.63. The molecule has 2 atom stereocenters. The number of sulfone groups is 1. The molecule has 1 aromatic rings. The molecule has 2 aliphatic heterocycles. The topological polar surface area (TPSA) is 66.8 Å². The molecular weight excluding hydrogens is 380 g/mol. The molecular formula is C17H21ClN2O3S2. The number of amides is 1. The number of fused-ring (bicyclic) bond motifs is 1. The summed E-state index contributed by atoms with van der Waals surface area (Å²) in [6.45, 7) is 7.36. The van der Waals surface area contributed by atoms with E-state index in [4.69, 9.17) is 11.6 Å². The van der Waals surface area contributed by atoms with Crippen molar-refractivity contribution in [1.29, 1.82) is 0 Å². The van der Waals surface area contributed by atoms with Gasteiger partial charge in [-0.25, -0.2) is 8.42 Å². The Morgan fingerprint density at radius 3 is 2.60 bits per heavy atom. The first kappa shape index (κ1) is 18.7. The van der Waals surface area contributed by atoms with Gasteiger partial charge in [-0.15, -0.1) is 0 Å². The Labute approximate surface area is 157 Å². The number of aliphatic imine (C=N–C) groups is 1. The zero-order valence-corrected chi connectivity index (χ0v) is 17.0. The van der Waals surface area contributed by atoms with Crippen molar-refractivity contribution in [3.63, 3.8) is 0 Å². The van der Waals surface area contributed by atoms with Gasteiger partial charge in [0, 0.05) is 21.4 Å². The third-order valence-electron chi connectivity index (χ3n) is 4.34. The Morgan fingerprint density at radius 1 is 1.32 bits per heavy atom. The van der Waals surface area contributed by atoms with Gasteiger partial charge in [0.25, 0.3) is 5.91 Å². The van der Waals surface area contributed by atoms with Gasteiger partial charge in [0.2, 0.25) is 0 Å². The quantitative estimate of drug-likeness (QED) is 0.723. The largest absolute Gasteiger partial charge is 0.316 e. The number of hydrogen-bond donors (Lipinski definition) is 0. The van der Waals surface area contributed by atoms with Crippen molar-refractivity contribution in [1.82, 2.24) is 0 Å². The van der Waals surface area contributed by atoms with Crippen LogP contribution in [0, 0.1) is 12.3 Å². The lowest BCUT2D eigenvalue weighted by atomic mass is 9.96. The van der Waals surface area contributed by atoms with E-state index in [0.717, 1.165) is 11.3 Å². The molecule has 25 heavy (non-hydrogen) atoms. The minimum absolute atomic E-state index is 0.0683. The van der Waals surface area contributed by atoms with Gasteiger partial charge in [-0.1, -0.05) is 50.2 Å². The highest BCUT2D eigenvalue weighted by atomic mass is 35.5. The molecule has 0 N–H and O–H groups in total. The number of aryl methyl sites for hydroxylation is 1. The van der Waals surface area contributed by atoms with Crippen molar-refractivity contribution in [3.05, 3.63) is 28.8 Å². The molecule has 0 spiro atoms. The van der Waals surface area contributed by atoms with Crippen LogP contribution in [0.15, 0.2) is 23.2 Å². The molecule has 0 radical (unpaired) electrons. The van der Waals surface area contributed by atoms with Crippen molar-refractivity contribution in [2.45, 2.75) is 39.0 Å². The minimum Gasteiger partial charge on any atom is -0.316 e. The lowest BCUT2D eigenvalue weighted by Crippen LogP contribution is -2.38. The summed E-state index contributed by atoms with van der Waals surface area (Å²) < 4.78 is 24.1. The Hall–Kier alpha value is -1.05. The van der Waals surface area contributed by atoms with Crippen LogP contribution < -0.4 is 4.90 Å². The fourth-order valence-electron chi connectivity index (χ4n) is 2.85. The second kappa shape index (κ2) is 6.28. The van der Waals surface area contributed by atoms with Crippen molar-refractivity contribution in [2.75, 3.05) is 16.4 Å². The van der Waals surface area contributed by atoms with Gasteiger partial charge in [0.15, 0.2) is 15.0 Å². The lowest BCUT2D eigenvalue weighted by Gasteiger charge is -2.25. The average molecular weight is 401 g/mol. The van der Waals surface area contributed by atoms with Crippen molar-refractivity contribution >= 4 is 50.0 Å². The third-order valence-corrected chi connectivity index (χ3v) is 7.96. The van der Waals surface area contributed by atoms with Crippen molar-refractivity contribution in [2.24, 2.45) is 10.4 Å². The van der Waals surface area contributed by atoms with E-state index >= 15 is 0 Å². The molecule has 3 rings (SSSR count). The van der Waals surface area contributed by atoms with Crippen LogP contribution in [-0.4, -0.2) is 42.3 Å². The van der Waals surface area contributed by atoms with Crippen LogP contribution in [-0.2, 0) is 14.6 Å². The highest BCUT2D eigenvalue weighted by molar-refractivity contribution is 8.16. The van der Waals surface area contributed by atoms with E-state index in [1.54, 1.807) is 0 Å². The zero-order valence-electron chi connectivity index (χ0n) is 14.6. The summed E-state index contributed by atoms with van der Waals surface area (Å²) in [4.78, 5) is 18.6.